The summed E-state index contributed by atoms with van der Waals surface area (Å²) in [6, 6.07) is 18.7. The van der Waals surface area contributed by atoms with Gasteiger partial charge in [0.05, 0.1) is 35.7 Å². The van der Waals surface area contributed by atoms with Crippen LogP contribution in [0.25, 0.3) is 27.5 Å². The van der Waals surface area contributed by atoms with Crippen LogP contribution in [0.3, 0.4) is 0 Å². The van der Waals surface area contributed by atoms with Gasteiger partial charge in [-0.15, -0.1) is 0 Å². The van der Waals surface area contributed by atoms with Gasteiger partial charge in [0.1, 0.15) is 11.3 Å². The number of anilines is 1. The third-order valence-corrected chi connectivity index (χ3v) is 6.50. The lowest BCUT2D eigenvalue weighted by atomic mass is 10.1. The van der Waals surface area contributed by atoms with Crippen molar-refractivity contribution in [3.05, 3.63) is 93.4 Å². The molecule has 2 aromatic heterocycles. The molecular formula is C28H23ClN4O5. The number of carbonyl (C=O) groups excluding carboxylic acids is 2. The first kappa shape index (κ1) is 25.0. The number of nitrogens with zero attached hydrogens (tertiary/aromatic N) is 3. The molecule has 1 N–H and O–H groups in total. The lowest BCUT2D eigenvalue weighted by Gasteiger charge is -2.13. The number of halogens is 1. The minimum Gasteiger partial charge on any atom is -0.495 e. The Bertz CT molecular complexity index is 1790. The number of hydrogen-bond acceptors (Lipinski definition) is 6. The first-order valence-corrected chi connectivity index (χ1v) is 12.1. The molecule has 0 radical (unpaired) electrons. The van der Waals surface area contributed by atoms with E-state index >= 15 is 0 Å². The Hall–Kier alpha value is -4.63. The van der Waals surface area contributed by atoms with Crippen molar-refractivity contribution < 1.29 is 19.1 Å². The zero-order valence-electron chi connectivity index (χ0n) is 20.8. The highest BCUT2D eigenvalue weighted by Gasteiger charge is 2.25. The number of rotatable bonds is 6. The number of esters is 1. The fourth-order valence-corrected chi connectivity index (χ4v) is 4.71. The molecule has 0 aliphatic carbocycles. The van der Waals surface area contributed by atoms with Crippen LogP contribution >= 0.6 is 11.6 Å². The van der Waals surface area contributed by atoms with Crippen LogP contribution in [-0.2, 0) is 11.8 Å². The molecule has 5 rings (SSSR count). The molecule has 0 bridgehead atoms. The molecule has 3 aromatic carbocycles. The number of aromatic nitrogens is 3. The monoisotopic (exact) mass is 530 g/mol. The molecule has 0 saturated carbocycles. The largest absolute Gasteiger partial charge is 0.495 e. The third kappa shape index (κ3) is 4.16. The number of fused-ring (bicyclic) bond motifs is 3. The second kappa shape index (κ2) is 10.0. The fourth-order valence-electron chi connectivity index (χ4n) is 4.46. The zero-order valence-corrected chi connectivity index (χ0v) is 21.6. The Morgan fingerprint density at radius 1 is 1.05 bits per heavy atom. The van der Waals surface area contributed by atoms with E-state index in [4.69, 9.17) is 21.1 Å². The number of para-hydroxylation sites is 2. The molecule has 2 heterocycles. The van der Waals surface area contributed by atoms with Crippen LogP contribution in [0.15, 0.2) is 71.5 Å². The van der Waals surface area contributed by atoms with Crippen LogP contribution in [0, 0.1) is 0 Å². The summed E-state index contributed by atoms with van der Waals surface area (Å²) >= 11 is 6.33. The first-order valence-electron chi connectivity index (χ1n) is 11.8. The summed E-state index contributed by atoms with van der Waals surface area (Å²) in [7, 11) is 3.25. The normalized spacial score (nSPS) is 11.1. The van der Waals surface area contributed by atoms with Crippen molar-refractivity contribution in [3.63, 3.8) is 0 Å². The van der Waals surface area contributed by atoms with E-state index in [0.717, 1.165) is 10.2 Å². The summed E-state index contributed by atoms with van der Waals surface area (Å²) in [5.41, 5.74) is 1.44. The maximum Gasteiger partial charge on any atom is 0.340 e. The molecule has 5 aromatic rings. The molecule has 10 heteroatoms. The predicted octanol–water partition coefficient (Wildman–Crippen LogP) is 4.97. The summed E-state index contributed by atoms with van der Waals surface area (Å²) in [4.78, 5) is 40.0. The molecule has 0 aliphatic rings. The average Bonchev–Trinajstić information content (AvgIpc) is 3.22. The van der Waals surface area contributed by atoms with Crippen molar-refractivity contribution in [2.24, 2.45) is 7.05 Å². The summed E-state index contributed by atoms with van der Waals surface area (Å²) in [5, 5.41) is 8.66. The lowest BCUT2D eigenvalue weighted by molar-refractivity contribution is 0.0527. The quantitative estimate of drug-likeness (QED) is 0.311. The molecule has 0 saturated heterocycles. The molecule has 0 aliphatic heterocycles. The summed E-state index contributed by atoms with van der Waals surface area (Å²) < 4.78 is 13.2. The van der Waals surface area contributed by atoms with E-state index in [0.29, 0.717) is 22.2 Å². The van der Waals surface area contributed by atoms with Crippen molar-refractivity contribution in [1.29, 1.82) is 0 Å². The second-order valence-corrected chi connectivity index (χ2v) is 8.81. The zero-order chi connectivity index (χ0) is 27.0. The number of ether oxygens (including phenoxy) is 2. The number of aryl methyl sites for hydroxylation is 1. The Labute approximate surface area is 222 Å². The highest BCUT2D eigenvalue weighted by atomic mass is 35.5. The van der Waals surface area contributed by atoms with E-state index in [1.54, 1.807) is 61.0 Å². The van der Waals surface area contributed by atoms with Crippen molar-refractivity contribution in [1.82, 2.24) is 14.3 Å². The fraction of sp³-hybridized carbons (Fsp3) is 0.143. The van der Waals surface area contributed by atoms with Crippen molar-refractivity contribution in [2.45, 2.75) is 6.92 Å². The van der Waals surface area contributed by atoms with Gasteiger partial charge in [0.15, 0.2) is 5.69 Å². The molecule has 0 spiro atoms. The van der Waals surface area contributed by atoms with Gasteiger partial charge in [-0.05, 0) is 43.3 Å². The number of nitrogens with one attached hydrogen (secondary N) is 1. The Morgan fingerprint density at radius 2 is 1.79 bits per heavy atom. The average molecular weight is 531 g/mol. The predicted molar refractivity (Wildman–Crippen MR) is 146 cm³/mol. The molecule has 192 valence electrons. The summed E-state index contributed by atoms with van der Waals surface area (Å²) in [6.07, 6.45) is 0. The molecular weight excluding hydrogens is 508 g/mol. The number of methoxy groups -OCH3 is 1. The Kier molecular flexibility index (Phi) is 6.61. The minimum absolute atomic E-state index is 0.00185. The van der Waals surface area contributed by atoms with Crippen molar-refractivity contribution >= 4 is 51.0 Å². The molecule has 0 unspecified atom stereocenters. The van der Waals surface area contributed by atoms with Crippen LogP contribution in [0.1, 0.15) is 27.8 Å². The van der Waals surface area contributed by atoms with Gasteiger partial charge in [0.2, 0.25) is 0 Å². The highest BCUT2D eigenvalue weighted by molar-refractivity contribution is 6.32. The smallest absolute Gasteiger partial charge is 0.340 e. The van der Waals surface area contributed by atoms with Gasteiger partial charge >= 0.3 is 5.97 Å². The number of carbonyl (C=O) groups is 2. The van der Waals surface area contributed by atoms with E-state index in [1.807, 2.05) is 24.3 Å². The third-order valence-electron chi connectivity index (χ3n) is 6.20. The van der Waals surface area contributed by atoms with E-state index in [2.05, 4.69) is 10.4 Å². The SMILES string of the molecule is CCOC(=O)c1ccccc1NC(=O)c1nn(-c2ccc(OC)c(Cl)c2)c(=O)c2c1c1ccccc1n2C. The molecule has 38 heavy (non-hydrogen) atoms. The highest BCUT2D eigenvalue weighted by Crippen LogP contribution is 2.30. The number of benzene rings is 3. The number of amides is 1. The summed E-state index contributed by atoms with van der Waals surface area (Å²) in [6.45, 7) is 1.89. The molecule has 0 atom stereocenters. The molecule has 9 nitrogen and oxygen atoms in total. The van der Waals surface area contributed by atoms with Gasteiger partial charge in [0.25, 0.3) is 11.5 Å². The second-order valence-electron chi connectivity index (χ2n) is 8.40. The van der Waals surface area contributed by atoms with Crippen LogP contribution < -0.4 is 15.6 Å². The van der Waals surface area contributed by atoms with Gasteiger partial charge in [-0.2, -0.15) is 9.78 Å². The van der Waals surface area contributed by atoms with Gasteiger partial charge in [-0.3, -0.25) is 9.59 Å². The Balaban J connectivity index is 1.75. The van der Waals surface area contributed by atoms with E-state index in [-0.39, 0.29) is 34.1 Å². The molecule has 1 amide bonds. The van der Waals surface area contributed by atoms with Crippen LogP contribution in [0.5, 0.6) is 5.75 Å². The van der Waals surface area contributed by atoms with E-state index in [1.165, 1.54) is 7.11 Å². The van der Waals surface area contributed by atoms with Gasteiger partial charge in [0, 0.05) is 23.3 Å². The van der Waals surface area contributed by atoms with Crippen molar-refractivity contribution in [2.75, 3.05) is 19.0 Å². The van der Waals surface area contributed by atoms with Gasteiger partial charge < -0.3 is 19.4 Å². The number of hydrogen-bond donors (Lipinski definition) is 1. The maximum absolute atomic E-state index is 13.8. The summed E-state index contributed by atoms with van der Waals surface area (Å²) in [5.74, 6) is -0.733. The maximum atomic E-state index is 13.8. The van der Waals surface area contributed by atoms with Crippen LogP contribution in [-0.4, -0.2) is 39.9 Å². The van der Waals surface area contributed by atoms with Crippen LogP contribution in [0.4, 0.5) is 5.69 Å². The topological polar surface area (TPSA) is 104 Å². The molecule has 0 fully saturated rings. The van der Waals surface area contributed by atoms with E-state index in [9.17, 15) is 14.4 Å². The van der Waals surface area contributed by atoms with E-state index < -0.39 is 17.4 Å². The van der Waals surface area contributed by atoms with Gasteiger partial charge in [-0.25, -0.2) is 4.79 Å². The lowest BCUT2D eigenvalue weighted by Crippen LogP contribution is -2.27. The minimum atomic E-state index is -0.600. The Morgan fingerprint density at radius 3 is 2.53 bits per heavy atom. The van der Waals surface area contributed by atoms with Gasteiger partial charge in [-0.1, -0.05) is 41.9 Å². The standard InChI is InChI=1S/C28H23ClN4O5/c1-4-38-28(36)17-9-5-7-11-20(17)30-26(34)24-23-18-10-6-8-12-21(18)32(2)25(23)27(35)33(31-24)16-13-14-22(37-3)19(29)15-16/h5-15H,4H2,1-3H3,(H,30,34). The van der Waals surface area contributed by atoms with Crippen molar-refractivity contribution in [3.8, 4) is 11.4 Å². The first-order chi connectivity index (χ1) is 18.3. The van der Waals surface area contributed by atoms with Crippen LogP contribution in [0.2, 0.25) is 5.02 Å².